The summed E-state index contributed by atoms with van der Waals surface area (Å²) >= 11 is 2.85. The molecule has 1 N–H and O–H groups in total. The molecule has 0 bridgehead atoms. The molecule has 0 aliphatic heterocycles. The zero-order chi connectivity index (χ0) is 21.9. The highest BCUT2D eigenvalue weighted by atomic mass is 32.2. The highest BCUT2D eigenvalue weighted by Gasteiger charge is 2.30. The standard InChI is InChI=1S/C23H23N5O2S2/c1-2-30-17-10-11-18-19(12-17)32-22(24-18)25-20(29)14-31-23-27-26-21(16-8-9-16)28(23)13-15-6-4-3-5-7-15/h3-7,10-12,16H,2,8-9,13-14H2,1H3,(H,24,25,29). The highest BCUT2D eigenvalue weighted by molar-refractivity contribution is 7.99. The van der Waals surface area contributed by atoms with Crippen LogP contribution in [-0.4, -0.2) is 38.0 Å². The van der Waals surface area contributed by atoms with Gasteiger partial charge in [-0.2, -0.15) is 0 Å². The molecule has 0 atom stereocenters. The third kappa shape index (κ3) is 4.78. The van der Waals surface area contributed by atoms with Gasteiger partial charge >= 0.3 is 0 Å². The van der Waals surface area contributed by atoms with Gasteiger partial charge in [0.1, 0.15) is 11.6 Å². The molecule has 32 heavy (non-hydrogen) atoms. The van der Waals surface area contributed by atoms with E-state index in [1.165, 1.54) is 28.7 Å². The van der Waals surface area contributed by atoms with Crippen LogP contribution in [0.3, 0.4) is 0 Å². The Kier molecular flexibility index (Phi) is 6.09. The maximum absolute atomic E-state index is 12.6. The van der Waals surface area contributed by atoms with Crippen LogP contribution in [0.5, 0.6) is 5.75 Å². The summed E-state index contributed by atoms with van der Waals surface area (Å²) in [6.45, 7) is 3.28. The molecule has 0 spiro atoms. The quantitative estimate of drug-likeness (QED) is 0.353. The molecule has 7 nitrogen and oxygen atoms in total. The number of amides is 1. The normalized spacial score (nSPS) is 13.4. The summed E-state index contributed by atoms with van der Waals surface area (Å²) in [7, 11) is 0. The average molecular weight is 466 g/mol. The minimum absolute atomic E-state index is 0.110. The number of aromatic nitrogens is 4. The summed E-state index contributed by atoms with van der Waals surface area (Å²) in [5, 5.41) is 13.1. The smallest absolute Gasteiger partial charge is 0.236 e. The van der Waals surface area contributed by atoms with Crippen LogP contribution in [0.15, 0.2) is 53.7 Å². The zero-order valence-corrected chi connectivity index (χ0v) is 19.3. The van der Waals surface area contributed by atoms with Crippen molar-refractivity contribution in [3.05, 3.63) is 59.9 Å². The van der Waals surface area contributed by atoms with Gasteiger partial charge in [0.25, 0.3) is 0 Å². The van der Waals surface area contributed by atoms with Crippen LogP contribution in [0.1, 0.15) is 37.1 Å². The van der Waals surface area contributed by atoms with Crippen LogP contribution in [-0.2, 0) is 11.3 Å². The number of thiazole rings is 1. The van der Waals surface area contributed by atoms with Crippen molar-refractivity contribution in [3.63, 3.8) is 0 Å². The number of nitrogens with zero attached hydrogens (tertiary/aromatic N) is 4. The van der Waals surface area contributed by atoms with Gasteiger partial charge in [0.05, 0.1) is 29.1 Å². The van der Waals surface area contributed by atoms with Crippen molar-refractivity contribution in [2.45, 2.75) is 37.4 Å². The van der Waals surface area contributed by atoms with E-state index in [9.17, 15) is 4.79 Å². The van der Waals surface area contributed by atoms with E-state index in [0.717, 1.165) is 39.8 Å². The summed E-state index contributed by atoms with van der Waals surface area (Å²) in [6, 6.07) is 16.0. The molecule has 0 saturated heterocycles. The van der Waals surface area contributed by atoms with Crippen LogP contribution >= 0.6 is 23.1 Å². The minimum Gasteiger partial charge on any atom is -0.494 e. The van der Waals surface area contributed by atoms with Crippen molar-refractivity contribution in [3.8, 4) is 5.75 Å². The van der Waals surface area contributed by atoms with Gasteiger partial charge in [-0.1, -0.05) is 53.4 Å². The molecule has 4 aromatic rings. The first-order chi connectivity index (χ1) is 15.7. The number of rotatable bonds is 9. The van der Waals surface area contributed by atoms with Crippen molar-refractivity contribution in [2.24, 2.45) is 0 Å². The largest absolute Gasteiger partial charge is 0.494 e. The van der Waals surface area contributed by atoms with Gasteiger partial charge in [-0.05, 0) is 43.5 Å². The molecule has 5 rings (SSSR count). The molecule has 2 aromatic heterocycles. The Morgan fingerprint density at radius 2 is 2.06 bits per heavy atom. The molecule has 2 aromatic carbocycles. The number of hydrogen-bond acceptors (Lipinski definition) is 7. The number of benzene rings is 2. The Morgan fingerprint density at radius 3 is 2.84 bits per heavy atom. The lowest BCUT2D eigenvalue weighted by atomic mass is 10.2. The van der Waals surface area contributed by atoms with Crippen molar-refractivity contribution in [1.82, 2.24) is 19.7 Å². The van der Waals surface area contributed by atoms with Gasteiger partial charge < -0.3 is 14.6 Å². The fraction of sp³-hybridized carbons (Fsp3) is 0.304. The fourth-order valence-corrected chi connectivity index (χ4v) is 5.12. The molecule has 0 unspecified atom stereocenters. The summed E-state index contributed by atoms with van der Waals surface area (Å²) in [5.74, 6) is 2.45. The Bertz CT molecular complexity index is 1230. The van der Waals surface area contributed by atoms with Crippen molar-refractivity contribution >= 4 is 44.4 Å². The van der Waals surface area contributed by atoms with Gasteiger partial charge in [-0.25, -0.2) is 4.98 Å². The monoisotopic (exact) mass is 465 g/mol. The topological polar surface area (TPSA) is 81.9 Å². The first kappa shape index (κ1) is 21.0. The van der Waals surface area contributed by atoms with Gasteiger partial charge in [-0.3, -0.25) is 4.79 Å². The van der Waals surface area contributed by atoms with Gasteiger partial charge in [0, 0.05) is 5.92 Å². The van der Waals surface area contributed by atoms with E-state index in [2.05, 4.69) is 37.2 Å². The third-order valence-corrected chi connectivity index (χ3v) is 7.02. The van der Waals surface area contributed by atoms with E-state index in [1.807, 2.05) is 43.3 Å². The van der Waals surface area contributed by atoms with Crippen LogP contribution in [0.4, 0.5) is 5.13 Å². The molecule has 164 valence electrons. The van der Waals surface area contributed by atoms with Gasteiger partial charge in [0.2, 0.25) is 5.91 Å². The van der Waals surface area contributed by atoms with E-state index in [-0.39, 0.29) is 11.7 Å². The summed E-state index contributed by atoms with van der Waals surface area (Å²) < 4.78 is 8.67. The Hall–Kier alpha value is -2.91. The lowest BCUT2D eigenvalue weighted by Gasteiger charge is -2.10. The number of anilines is 1. The molecule has 9 heteroatoms. The molecule has 1 fully saturated rings. The third-order valence-electron chi connectivity index (χ3n) is 5.12. The van der Waals surface area contributed by atoms with Crippen LogP contribution < -0.4 is 10.1 Å². The lowest BCUT2D eigenvalue weighted by Crippen LogP contribution is -2.14. The predicted octanol–water partition coefficient (Wildman–Crippen LogP) is 4.94. The predicted molar refractivity (Wildman–Crippen MR) is 128 cm³/mol. The van der Waals surface area contributed by atoms with Crippen molar-refractivity contribution < 1.29 is 9.53 Å². The van der Waals surface area contributed by atoms with E-state index >= 15 is 0 Å². The molecule has 0 radical (unpaired) electrons. The van der Waals surface area contributed by atoms with Gasteiger partial charge in [0.15, 0.2) is 10.3 Å². The van der Waals surface area contributed by atoms with E-state index in [1.54, 1.807) is 0 Å². The Morgan fingerprint density at radius 1 is 1.22 bits per heavy atom. The first-order valence-corrected chi connectivity index (χ1v) is 12.4. The molecule has 2 heterocycles. The van der Waals surface area contributed by atoms with Gasteiger partial charge in [-0.15, -0.1) is 10.2 Å². The van der Waals surface area contributed by atoms with Crippen LogP contribution in [0.2, 0.25) is 0 Å². The molecule has 1 aliphatic rings. The number of ether oxygens (including phenoxy) is 1. The number of hydrogen-bond donors (Lipinski definition) is 1. The number of carbonyl (C=O) groups is 1. The number of fused-ring (bicyclic) bond motifs is 1. The molecular formula is C23H23N5O2S2. The van der Waals surface area contributed by atoms with E-state index in [4.69, 9.17) is 4.74 Å². The summed E-state index contributed by atoms with van der Waals surface area (Å²) in [4.78, 5) is 17.1. The summed E-state index contributed by atoms with van der Waals surface area (Å²) in [6.07, 6.45) is 2.31. The van der Waals surface area contributed by atoms with E-state index < -0.39 is 0 Å². The molecule has 1 saturated carbocycles. The summed E-state index contributed by atoms with van der Waals surface area (Å²) in [5.41, 5.74) is 2.04. The number of nitrogens with one attached hydrogen (secondary N) is 1. The fourth-order valence-electron chi connectivity index (χ4n) is 3.47. The molecule has 1 aliphatic carbocycles. The highest BCUT2D eigenvalue weighted by Crippen LogP contribution is 2.40. The number of thioether (sulfide) groups is 1. The number of carbonyl (C=O) groups excluding carboxylic acids is 1. The Balaban J connectivity index is 1.25. The minimum atomic E-state index is -0.110. The Labute approximate surface area is 194 Å². The van der Waals surface area contributed by atoms with E-state index in [0.29, 0.717) is 24.2 Å². The molecular weight excluding hydrogens is 442 g/mol. The van der Waals surface area contributed by atoms with Crippen LogP contribution in [0, 0.1) is 0 Å². The van der Waals surface area contributed by atoms with Crippen LogP contribution in [0.25, 0.3) is 10.2 Å². The SMILES string of the molecule is CCOc1ccc2nc(NC(=O)CSc3nnc(C4CC4)n3Cc3ccccc3)sc2c1. The first-order valence-electron chi connectivity index (χ1n) is 10.6. The second-order valence-corrected chi connectivity index (χ2v) is 9.58. The van der Waals surface area contributed by atoms with Crippen molar-refractivity contribution in [2.75, 3.05) is 17.7 Å². The second kappa shape index (κ2) is 9.30. The maximum atomic E-state index is 12.6. The zero-order valence-electron chi connectivity index (χ0n) is 17.7. The maximum Gasteiger partial charge on any atom is 0.236 e. The lowest BCUT2D eigenvalue weighted by molar-refractivity contribution is -0.113. The van der Waals surface area contributed by atoms with Crippen molar-refractivity contribution in [1.29, 1.82) is 0 Å². The molecule has 1 amide bonds. The average Bonchev–Trinajstić information content (AvgIpc) is 3.44. The second-order valence-electron chi connectivity index (χ2n) is 7.61.